The summed E-state index contributed by atoms with van der Waals surface area (Å²) in [6.45, 7) is 0. The van der Waals surface area contributed by atoms with Gasteiger partial charge in [-0.1, -0.05) is 115 Å². The van der Waals surface area contributed by atoms with Crippen LogP contribution in [-0.4, -0.2) is 18.8 Å². The number of pyridine rings is 2. The molecule has 18 rings (SSSR count). The Morgan fingerprint density at radius 1 is 0.300 bits per heavy atom. The lowest BCUT2D eigenvalue weighted by atomic mass is 9.94. The van der Waals surface area contributed by atoms with Crippen LogP contribution >= 0.6 is 45.3 Å². The Morgan fingerprint density at radius 2 is 0.829 bits per heavy atom. The van der Waals surface area contributed by atoms with Crippen LogP contribution < -0.4 is 0 Å². The van der Waals surface area contributed by atoms with Crippen LogP contribution in [0.5, 0.6) is 0 Å². The number of para-hydroxylation sites is 2. The Morgan fingerprint density at radius 3 is 1.61 bits per heavy atom. The maximum absolute atomic E-state index is 5.80. The molecule has 8 heterocycles. The summed E-state index contributed by atoms with van der Waals surface area (Å²) in [5.41, 5.74) is 11.0. The van der Waals surface area contributed by atoms with Crippen molar-refractivity contribution in [3.63, 3.8) is 0 Å². The number of nitrogens with zero attached hydrogens (tertiary/aromatic N) is 4. The first kappa shape index (κ1) is 37.0. The van der Waals surface area contributed by atoms with Gasteiger partial charge in [0.15, 0.2) is 0 Å². The predicted molar refractivity (Wildman–Crippen MR) is 306 cm³/mol. The number of imidazole rings is 2. The summed E-state index contributed by atoms with van der Waals surface area (Å²) in [5.74, 6) is 0. The van der Waals surface area contributed by atoms with E-state index in [1.165, 1.54) is 130 Å². The zero-order valence-electron chi connectivity index (χ0n) is 36.7. The minimum Gasteiger partial charge on any atom is -0.291 e. The van der Waals surface area contributed by atoms with Crippen molar-refractivity contribution in [2.45, 2.75) is 0 Å². The molecule has 0 atom stereocenters. The van der Waals surface area contributed by atoms with Crippen molar-refractivity contribution in [1.82, 2.24) is 18.8 Å². The first-order valence-electron chi connectivity index (χ1n) is 23.6. The quantitative estimate of drug-likeness (QED) is 0.154. The first-order chi connectivity index (χ1) is 34.7. The van der Waals surface area contributed by atoms with Crippen molar-refractivity contribution < 1.29 is 0 Å². The lowest BCUT2D eigenvalue weighted by molar-refractivity contribution is 1.33. The average molecular weight is 959 g/mol. The molecule has 0 saturated heterocycles. The average Bonchev–Trinajstić information content (AvgIpc) is 4.27. The highest BCUT2D eigenvalue weighted by Gasteiger charge is 2.26. The van der Waals surface area contributed by atoms with E-state index in [0.717, 1.165) is 38.9 Å². The highest BCUT2D eigenvalue weighted by molar-refractivity contribution is 7.27. The summed E-state index contributed by atoms with van der Waals surface area (Å²) in [6, 6.07) is 67.9. The summed E-state index contributed by atoms with van der Waals surface area (Å²) in [4.78, 5) is 11.3. The fourth-order valence-electron chi connectivity index (χ4n) is 12.4. The summed E-state index contributed by atoms with van der Waals surface area (Å²) >= 11 is 7.52. The first-order valence-corrected chi connectivity index (χ1v) is 26.8. The molecule has 8 aromatic heterocycles. The lowest BCUT2D eigenvalue weighted by Crippen LogP contribution is -1.94. The molecular weight excluding hydrogens is 929 g/mol. The highest BCUT2D eigenvalue weighted by Crippen LogP contribution is 2.51. The Hall–Kier alpha value is -7.98. The van der Waals surface area contributed by atoms with Gasteiger partial charge in [0.2, 0.25) is 0 Å². The molecule has 0 aliphatic rings. The molecule has 10 aromatic carbocycles. The molecule has 18 aromatic rings. The molecule has 70 heavy (non-hydrogen) atoms. The molecule has 0 unspecified atom stereocenters. The van der Waals surface area contributed by atoms with Gasteiger partial charge >= 0.3 is 0 Å². The third kappa shape index (κ3) is 4.52. The Bertz CT molecular complexity index is 5450. The maximum atomic E-state index is 5.80. The van der Waals surface area contributed by atoms with Crippen molar-refractivity contribution in [1.29, 1.82) is 0 Å². The van der Waals surface area contributed by atoms with Gasteiger partial charge in [-0.2, -0.15) is 0 Å². The number of hydrogen-bond acceptors (Lipinski definition) is 6. The largest absolute Gasteiger partial charge is 0.291 e. The molecule has 0 aliphatic carbocycles. The van der Waals surface area contributed by atoms with Crippen molar-refractivity contribution in [3.8, 4) is 11.1 Å². The Kier molecular flexibility index (Phi) is 6.87. The van der Waals surface area contributed by atoms with Crippen molar-refractivity contribution in [2.24, 2.45) is 0 Å². The van der Waals surface area contributed by atoms with Crippen molar-refractivity contribution >= 4 is 203 Å². The molecule has 322 valence electrons. The topological polar surface area (TPSA) is 34.6 Å². The van der Waals surface area contributed by atoms with E-state index in [0.29, 0.717) is 0 Å². The van der Waals surface area contributed by atoms with Crippen LogP contribution in [0.1, 0.15) is 0 Å². The fourth-order valence-corrected chi connectivity index (χ4v) is 17.1. The van der Waals surface area contributed by atoms with Crippen molar-refractivity contribution in [3.05, 3.63) is 182 Å². The Balaban J connectivity index is 1.02. The summed E-state index contributed by atoms with van der Waals surface area (Å²) in [6.07, 6.45) is 0. The van der Waals surface area contributed by atoms with Crippen molar-refractivity contribution in [2.75, 3.05) is 0 Å². The minimum absolute atomic E-state index is 0.988. The van der Waals surface area contributed by atoms with Gasteiger partial charge in [-0.15, -0.1) is 45.3 Å². The Labute approximate surface area is 411 Å². The molecule has 8 heteroatoms. The van der Waals surface area contributed by atoms with Crippen LogP contribution in [0.15, 0.2) is 182 Å². The van der Waals surface area contributed by atoms with Gasteiger partial charge in [0, 0.05) is 103 Å². The highest BCUT2D eigenvalue weighted by atomic mass is 32.1. The number of rotatable bonds is 1. The molecule has 4 nitrogen and oxygen atoms in total. The number of fused-ring (bicyclic) bond motifs is 32. The SMILES string of the molecule is c1ccc2c(c1)nc1c3c(cc(-c4ccc5c(c4)nc4c6c(ccc7sc8ccccc8c76)c6ccc7c8ccccc8sc7c6n54)c4sc5ccccc5c43)c3ccc4sc5ccccc5c4c3n21. The van der Waals surface area contributed by atoms with E-state index in [1.807, 2.05) is 45.3 Å². The van der Waals surface area contributed by atoms with E-state index in [4.69, 9.17) is 9.97 Å². The van der Waals surface area contributed by atoms with Gasteiger partial charge in [0.1, 0.15) is 11.3 Å². The number of thiophene rings is 4. The maximum Gasteiger partial charge on any atom is 0.147 e. The number of hydrogen-bond donors (Lipinski definition) is 0. The number of benzene rings is 10. The van der Waals surface area contributed by atoms with Gasteiger partial charge in [-0.05, 0) is 83.1 Å². The summed E-state index contributed by atoms with van der Waals surface area (Å²) in [7, 11) is 0. The predicted octanol–water partition coefficient (Wildman–Crippen LogP) is 19.0. The van der Waals surface area contributed by atoms with Crippen LogP contribution in [0, 0.1) is 0 Å². The zero-order chi connectivity index (χ0) is 45.1. The molecule has 0 amide bonds. The molecule has 0 aliphatic heterocycles. The molecule has 0 fully saturated rings. The normalized spacial score (nSPS) is 12.9. The van der Waals surface area contributed by atoms with E-state index < -0.39 is 0 Å². The van der Waals surface area contributed by atoms with Gasteiger partial charge in [-0.3, -0.25) is 8.80 Å². The standard InChI is InChI=1S/C62H30N4S4/c1-7-17-46-32(11-1)36-23-22-34-33-24-27-50-52(37-12-2-8-18-47(37)67-50)55(33)61-64-43-29-31(21-26-45(43)66(61)58(34)60(36)70-46)40-30-41-35-25-28-51-53(38-13-3-9-19-48(38)68-51)57(35)65-44-16-6-5-15-42(44)63-62(65)56(41)54-39-14-4-10-20-49(39)69-59(40)54/h1-30H. The third-order valence-corrected chi connectivity index (χ3v) is 19.9. The van der Waals surface area contributed by atoms with E-state index in [9.17, 15) is 0 Å². The van der Waals surface area contributed by atoms with Crippen LogP contribution in [-0.2, 0) is 0 Å². The second kappa shape index (κ2) is 13.0. The smallest absolute Gasteiger partial charge is 0.147 e. The fraction of sp³-hybridized carbons (Fsp3) is 0. The monoisotopic (exact) mass is 958 g/mol. The molecule has 0 N–H and O–H groups in total. The van der Waals surface area contributed by atoms with Gasteiger partial charge < -0.3 is 0 Å². The van der Waals surface area contributed by atoms with Crippen LogP contribution in [0.4, 0.5) is 0 Å². The summed E-state index contributed by atoms with van der Waals surface area (Å²) < 4.78 is 15.3. The lowest BCUT2D eigenvalue weighted by Gasteiger charge is -2.14. The zero-order valence-corrected chi connectivity index (χ0v) is 40.0. The molecular formula is C62H30N4S4. The number of aromatic nitrogens is 4. The van der Waals surface area contributed by atoms with Crippen LogP contribution in [0.3, 0.4) is 0 Å². The molecule has 0 bridgehead atoms. The van der Waals surface area contributed by atoms with Gasteiger partial charge in [0.25, 0.3) is 0 Å². The van der Waals surface area contributed by atoms with E-state index in [2.05, 4.69) is 191 Å². The third-order valence-electron chi connectivity index (χ3n) is 15.2. The van der Waals surface area contributed by atoms with E-state index in [-0.39, 0.29) is 0 Å². The second-order valence-corrected chi connectivity index (χ2v) is 23.0. The van der Waals surface area contributed by atoms with E-state index >= 15 is 0 Å². The van der Waals surface area contributed by atoms with Crippen LogP contribution in [0.2, 0.25) is 0 Å². The van der Waals surface area contributed by atoms with E-state index in [1.54, 1.807) is 0 Å². The summed E-state index contributed by atoms with van der Waals surface area (Å²) in [5, 5.41) is 17.6. The second-order valence-electron chi connectivity index (χ2n) is 18.7. The molecule has 0 radical (unpaired) electrons. The van der Waals surface area contributed by atoms with Gasteiger partial charge in [-0.25, -0.2) is 9.97 Å². The van der Waals surface area contributed by atoms with Gasteiger partial charge in [0.05, 0.1) is 37.8 Å². The molecule has 0 saturated carbocycles. The molecule has 0 spiro atoms. The van der Waals surface area contributed by atoms with Crippen LogP contribution in [0.25, 0.3) is 169 Å². The minimum atomic E-state index is 0.988.